The molecule has 0 bridgehead atoms. The predicted octanol–water partition coefficient (Wildman–Crippen LogP) is 6.44. The van der Waals surface area contributed by atoms with Gasteiger partial charge in [0.1, 0.15) is 11.8 Å². The van der Waals surface area contributed by atoms with Crippen molar-refractivity contribution >= 4 is 46.6 Å². The summed E-state index contributed by atoms with van der Waals surface area (Å²) in [5, 5.41) is 4.35. The van der Waals surface area contributed by atoms with Gasteiger partial charge in [0.2, 0.25) is 5.91 Å². The Bertz CT molecular complexity index is 1150. The zero-order chi connectivity index (χ0) is 26.1. The van der Waals surface area contributed by atoms with Crippen molar-refractivity contribution in [3.63, 3.8) is 0 Å². The molecule has 36 heavy (non-hydrogen) atoms. The molecule has 3 aromatic carbocycles. The third-order valence-electron chi connectivity index (χ3n) is 5.47. The molecule has 0 spiro atoms. The summed E-state index contributed by atoms with van der Waals surface area (Å²) in [5.41, 5.74) is 1.69. The van der Waals surface area contributed by atoms with E-state index in [4.69, 9.17) is 39.5 Å². The van der Waals surface area contributed by atoms with Gasteiger partial charge in [-0.05, 0) is 53.4 Å². The SMILES string of the molecule is CC(C)CNC(=O)[C@@H](Cc1ccccc1)N(Cc1ccc(Cl)c(Cl)c1)C(=O)COc1ccc(Cl)cc1. The lowest BCUT2D eigenvalue weighted by molar-refractivity contribution is -0.142. The number of hydrogen-bond donors (Lipinski definition) is 1. The van der Waals surface area contributed by atoms with Crippen molar-refractivity contribution in [2.45, 2.75) is 32.9 Å². The van der Waals surface area contributed by atoms with Gasteiger partial charge in [0, 0.05) is 24.5 Å². The zero-order valence-corrected chi connectivity index (χ0v) is 22.5. The van der Waals surface area contributed by atoms with Crippen molar-refractivity contribution in [2.24, 2.45) is 5.92 Å². The highest BCUT2D eigenvalue weighted by Gasteiger charge is 2.31. The number of amides is 2. The Morgan fingerprint density at radius 1 is 0.889 bits per heavy atom. The molecule has 0 saturated carbocycles. The van der Waals surface area contributed by atoms with E-state index in [1.54, 1.807) is 42.5 Å². The van der Waals surface area contributed by atoms with Gasteiger partial charge in [-0.3, -0.25) is 9.59 Å². The molecule has 190 valence electrons. The number of carbonyl (C=O) groups excluding carboxylic acids is 2. The van der Waals surface area contributed by atoms with Crippen LogP contribution in [0.25, 0.3) is 0 Å². The molecule has 2 amide bonds. The second-order valence-corrected chi connectivity index (χ2v) is 10.1. The summed E-state index contributed by atoms with van der Waals surface area (Å²) in [6, 6.07) is 20.8. The minimum atomic E-state index is -0.762. The maximum atomic E-state index is 13.5. The van der Waals surface area contributed by atoms with E-state index in [-0.39, 0.29) is 30.9 Å². The fourth-order valence-electron chi connectivity index (χ4n) is 3.57. The predicted molar refractivity (Wildman–Crippen MR) is 146 cm³/mol. The Morgan fingerprint density at radius 2 is 1.58 bits per heavy atom. The molecular formula is C28H29Cl3N2O3. The van der Waals surface area contributed by atoms with E-state index in [2.05, 4.69) is 5.32 Å². The lowest BCUT2D eigenvalue weighted by Gasteiger charge is -2.31. The van der Waals surface area contributed by atoms with Crippen LogP contribution in [0.15, 0.2) is 72.8 Å². The smallest absolute Gasteiger partial charge is 0.261 e. The van der Waals surface area contributed by atoms with Crippen LogP contribution in [-0.2, 0) is 22.6 Å². The van der Waals surface area contributed by atoms with Crippen molar-refractivity contribution in [1.29, 1.82) is 0 Å². The van der Waals surface area contributed by atoms with Gasteiger partial charge in [-0.1, -0.05) is 85.0 Å². The zero-order valence-electron chi connectivity index (χ0n) is 20.2. The summed E-state index contributed by atoms with van der Waals surface area (Å²) >= 11 is 18.3. The Balaban J connectivity index is 1.91. The van der Waals surface area contributed by atoms with Crippen molar-refractivity contribution < 1.29 is 14.3 Å². The Hall–Kier alpha value is -2.73. The Labute approximate surface area is 227 Å². The first kappa shape index (κ1) is 27.9. The molecule has 8 heteroatoms. The minimum Gasteiger partial charge on any atom is -0.484 e. The summed E-state index contributed by atoms with van der Waals surface area (Å²) in [4.78, 5) is 28.5. The van der Waals surface area contributed by atoms with Gasteiger partial charge >= 0.3 is 0 Å². The van der Waals surface area contributed by atoms with Crippen molar-refractivity contribution in [3.05, 3.63) is 99.0 Å². The lowest BCUT2D eigenvalue weighted by Crippen LogP contribution is -2.52. The number of halogens is 3. The molecule has 1 atom stereocenters. The third-order valence-corrected chi connectivity index (χ3v) is 6.46. The van der Waals surface area contributed by atoms with Gasteiger partial charge in [0.25, 0.3) is 5.91 Å². The van der Waals surface area contributed by atoms with E-state index >= 15 is 0 Å². The van der Waals surface area contributed by atoms with Gasteiger partial charge in [0.05, 0.1) is 10.0 Å². The average molecular weight is 548 g/mol. The maximum Gasteiger partial charge on any atom is 0.261 e. The second kappa shape index (κ2) is 13.5. The highest BCUT2D eigenvalue weighted by Crippen LogP contribution is 2.24. The highest BCUT2D eigenvalue weighted by molar-refractivity contribution is 6.42. The number of rotatable bonds is 11. The Kier molecular flexibility index (Phi) is 10.5. The normalized spacial score (nSPS) is 11.7. The first-order chi connectivity index (χ1) is 17.2. The molecule has 0 saturated heterocycles. The van der Waals surface area contributed by atoms with Crippen LogP contribution in [-0.4, -0.2) is 35.9 Å². The van der Waals surface area contributed by atoms with E-state index in [0.29, 0.717) is 33.8 Å². The monoisotopic (exact) mass is 546 g/mol. The van der Waals surface area contributed by atoms with E-state index in [9.17, 15) is 9.59 Å². The van der Waals surface area contributed by atoms with Crippen LogP contribution in [0, 0.1) is 5.92 Å². The first-order valence-electron chi connectivity index (χ1n) is 11.7. The maximum absolute atomic E-state index is 13.5. The number of nitrogens with zero attached hydrogens (tertiary/aromatic N) is 1. The number of nitrogens with one attached hydrogen (secondary N) is 1. The summed E-state index contributed by atoms with van der Waals surface area (Å²) in [7, 11) is 0. The number of carbonyl (C=O) groups is 2. The van der Waals surface area contributed by atoms with E-state index in [1.807, 2.05) is 44.2 Å². The fraction of sp³-hybridized carbons (Fsp3) is 0.286. The molecule has 0 fully saturated rings. The quantitative estimate of drug-likeness (QED) is 0.301. The summed E-state index contributed by atoms with van der Waals surface area (Å²) in [6.45, 7) is 4.45. The van der Waals surface area contributed by atoms with Crippen LogP contribution in [0.5, 0.6) is 5.75 Å². The number of ether oxygens (including phenoxy) is 1. The van der Waals surface area contributed by atoms with E-state index in [1.165, 1.54) is 4.90 Å². The standard InChI is InChI=1S/C28H29Cl3N2O3/c1-19(2)16-32-28(35)26(15-20-6-4-3-5-7-20)33(17-21-8-13-24(30)25(31)14-21)27(34)18-36-23-11-9-22(29)10-12-23/h3-14,19,26H,15-18H2,1-2H3,(H,32,35)/t26-/m1/s1. The van der Waals surface area contributed by atoms with Crippen LogP contribution >= 0.6 is 34.8 Å². The summed E-state index contributed by atoms with van der Waals surface area (Å²) in [6.07, 6.45) is 0.346. The number of benzene rings is 3. The molecule has 1 N–H and O–H groups in total. The number of hydrogen-bond acceptors (Lipinski definition) is 3. The third kappa shape index (κ3) is 8.44. The molecule has 0 heterocycles. The van der Waals surface area contributed by atoms with Crippen LogP contribution in [0.1, 0.15) is 25.0 Å². The summed E-state index contributed by atoms with van der Waals surface area (Å²) < 4.78 is 5.73. The highest BCUT2D eigenvalue weighted by atomic mass is 35.5. The van der Waals surface area contributed by atoms with Crippen molar-refractivity contribution in [3.8, 4) is 5.75 Å². The van der Waals surface area contributed by atoms with Gasteiger partial charge in [-0.25, -0.2) is 0 Å². The summed E-state index contributed by atoms with van der Waals surface area (Å²) in [5.74, 6) is 0.203. The van der Waals surface area contributed by atoms with Crippen molar-refractivity contribution in [2.75, 3.05) is 13.2 Å². The van der Waals surface area contributed by atoms with Gasteiger partial charge in [-0.2, -0.15) is 0 Å². The molecule has 0 aliphatic rings. The Morgan fingerprint density at radius 3 is 2.22 bits per heavy atom. The largest absolute Gasteiger partial charge is 0.484 e. The van der Waals surface area contributed by atoms with Gasteiger partial charge in [0.15, 0.2) is 6.61 Å². The molecular weight excluding hydrogens is 519 g/mol. The molecule has 3 rings (SSSR count). The molecule has 3 aromatic rings. The van der Waals surface area contributed by atoms with Crippen LogP contribution in [0.4, 0.5) is 0 Å². The molecule has 0 aromatic heterocycles. The first-order valence-corrected chi connectivity index (χ1v) is 12.8. The average Bonchev–Trinajstić information content (AvgIpc) is 2.86. The molecule has 5 nitrogen and oxygen atoms in total. The van der Waals surface area contributed by atoms with E-state index in [0.717, 1.165) is 11.1 Å². The molecule has 0 aliphatic carbocycles. The molecule has 0 aliphatic heterocycles. The second-order valence-electron chi connectivity index (χ2n) is 8.86. The van der Waals surface area contributed by atoms with Crippen molar-refractivity contribution in [1.82, 2.24) is 10.2 Å². The topological polar surface area (TPSA) is 58.6 Å². The van der Waals surface area contributed by atoms with Gasteiger partial charge < -0.3 is 15.0 Å². The van der Waals surface area contributed by atoms with Crippen LogP contribution in [0.3, 0.4) is 0 Å². The minimum absolute atomic E-state index is 0.159. The molecule has 0 unspecified atom stereocenters. The van der Waals surface area contributed by atoms with Crippen LogP contribution in [0.2, 0.25) is 15.1 Å². The van der Waals surface area contributed by atoms with Gasteiger partial charge in [-0.15, -0.1) is 0 Å². The lowest BCUT2D eigenvalue weighted by atomic mass is 10.0. The van der Waals surface area contributed by atoms with E-state index < -0.39 is 6.04 Å². The molecule has 0 radical (unpaired) electrons. The van der Waals surface area contributed by atoms with Crippen LogP contribution < -0.4 is 10.1 Å². The fourth-order valence-corrected chi connectivity index (χ4v) is 4.02.